The molecule has 3 aromatic heterocycles. The fourth-order valence-electron chi connectivity index (χ4n) is 4.75. The molecule has 8 heteroatoms. The molecule has 0 aliphatic carbocycles. The van der Waals surface area contributed by atoms with Crippen LogP contribution in [0.2, 0.25) is 0 Å². The van der Waals surface area contributed by atoms with Crippen LogP contribution in [-0.2, 0) is 17.8 Å². The number of hydrogen-bond donors (Lipinski definition) is 1. The van der Waals surface area contributed by atoms with Gasteiger partial charge < -0.3 is 9.88 Å². The lowest BCUT2D eigenvalue weighted by Gasteiger charge is -2.27. The molecule has 1 N–H and O–H groups in total. The molecule has 0 spiro atoms. The van der Waals surface area contributed by atoms with Gasteiger partial charge in [0.15, 0.2) is 11.0 Å². The van der Waals surface area contributed by atoms with Gasteiger partial charge in [0.05, 0.1) is 11.4 Å². The number of fused-ring (bicyclic) bond motifs is 3. The third-order valence-corrected chi connectivity index (χ3v) is 7.79. The Morgan fingerprint density at radius 3 is 2.69 bits per heavy atom. The first-order valence-corrected chi connectivity index (χ1v) is 13.0. The lowest BCUT2D eigenvalue weighted by atomic mass is 10.0. The minimum atomic E-state index is 0.107. The summed E-state index contributed by atoms with van der Waals surface area (Å²) in [5.74, 6) is 1.14. The van der Waals surface area contributed by atoms with E-state index in [9.17, 15) is 4.79 Å². The number of benzene rings is 2. The molecule has 1 amide bonds. The van der Waals surface area contributed by atoms with Crippen LogP contribution in [0.4, 0.5) is 0 Å². The van der Waals surface area contributed by atoms with E-state index in [1.54, 1.807) is 12.4 Å². The smallest absolute Gasteiger partial charge is 0.233 e. The summed E-state index contributed by atoms with van der Waals surface area (Å²) in [6.45, 7) is 5.54. The first-order valence-electron chi connectivity index (χ1n) is 12.0. The Morgan fingerprint density at radius 2 is 1.86 bits per heavy atom. The lowest BCUT2D eigenvalue weighted by molar-refractivity contribution is -0.129. The standard InChI is InChI=1S/C28H26N6OS/c1-18-7-8-21(15-19(18)2)34-27(20-9-12-29-13-10-20)31-32-28(34)36-17-26(35)33-14-11-25-23(16-33)22-5-3-4-6-24(22)30-25/h3-10,12-13,15,30H,11,14,16-17H2,1-2H3. The molecule has 7 nitrogen and oxygen atoms in total. The number of thioether (sulfide) groups is 1. The number of aromatic amines is 1. The van der Waals surface area contributed by atoms with E-state index in [0.29, 0.717) is 24.0 Å². The van der Waals surface area contributed by atoms with Gasteiger partial charge in [0, 0.05) is 59.6 Å². The zero-order valence-electron chi connectivity index (χ0n) is 20.2. The number of para-hydroxylation sites is 1. The summed E-state index contributed by atoms with van der Waals surface area (Å²) in [5.41, 5.74) is 7.93. The molecular weight excluding hydrogens is 468 g/mol. The van der Waals surface area contributed by atoms with E-state index in [2.05, 4.69) is 64.3 Å². The number of aryl methyl sites for hydroxylation is 2. The lowest BCUT2D eigenvalue weighted by Crippen LogP contribution is -2.36. The quantitative estimate of drug-likeness (QED) is 0.344. The van der Waals surface area contributed by atoms with Crippen LogP contribution in [0, 0.1) is 13.8 Å². The summed E-state index contributed by atoms with van der Waals surface area (Å²) in [7, 11) is 0. The van der Waals surface area contributed by atoms with Gasteiger partial charge in [-0.15, -0.1) is 10.2 Å². The summed E-state index contributed by atoms with van der Waals surface area (Å²) >= 11 is 1.43. The third kappa shape index (κ3) is 4.07. The van der Waals surface area contributed by atoms with Crippen molar-refractivity contribution < 1.29 is 4.79 Å². The van der Waals surface area contributed by atoms with Crippen LogP contribution >= 0.6 is 11.8 Å². The largest absolute Gasteiger partial charge is 0.358 e. The number of pyridine rings is 1. The molecule has 36 heavy (non-hydrogen) atoms. The maximum absolute atomic E-state index is 13.3. The van der Waals surface area contributed by atoms with Crippen LogP contribution in [0.15, 0.2) is 72.1 Å². The number of hydrogen-bond acceptors (Lipinski definition) is 5. The van der Waals surface area contributed by atoms with Gasteiger partial charge >= 0.3 is 0 Å². The normalized spacial score (nSPS) is 13.2. The second-order valence-corrected chi connectivity index (χ2v) is 10.1. The maximum atomic E-state index is 13.3. The van der Waals surface area contributed by atoms with Crippen LogP contribution in [-0.4, -0.2) is 47.8 Å². The van der Waals surface area contributed by atoms with Crippen molar-refractivity contribution in [1.29, 1.82) is 0 Å². The van der Waals surface area contributed by atoms with Gasteiger partial charge in [0.1, 0.15) is 0 Å². The Balaban J connectivity index is 1.26. The molecule has 1 aliphatic heterocycles. The average Bonchev–Trinajstić information content (AvgIpc) is 3.50. The topological polar surface area (TPSA) is 79.7 Å². The Kier molecular flexibility index (Phi) is 5.81. The first-order chi connectivity index (χ1) is 17.6. The SMILES string of the molecule is Cc1ccc(-n2c(SCC(=O)N3CCc4[nH]c5ccccc5c4C3)nnc2-c2ccncc2)cc1C. The Bertz CT molecular complexity index is 1570. The zero-order chi connectivity index (χ0) is 24.6. The highest BCUT2D eigenvalue weighted by atomic mass is 32.2. The van der Waals surface area contributed by atoms with Crippen molar-refractivity contribution in [3.8, 4) is 17.1 Å². The minimum Gasteiger partial charge on any atom is -0.358 e. The van der Waals surface area contributed by atoms with Gasteiger partial charge in [-0.1, -0.05) is 36.0 Å². The van der Waals surface area contributed by atoms with Crippen molar-refractivity contribution in [2.75, 3.05) is 12.3 Å². The molecule has 4 heterocycles. The summed E-state index contributed by atoms with van der Waals surface area (Å²) in [4.78, 5) is 22.9. The monoisotopic (exact) mass is 494 g/mol. The molecule has 6 rings (SSSR count). The Morgan fingerprint density at radius 1 is 1.03 bits per heavy atom. The summed E-state index contributed by atoms with van der Waals surface area (Å²) in [5, 5.41) is 10.9. The maximum Gasteiger partial charge on any atom is 0.233 e. The second kappa shape index (κ2) is 9.28. The fraction of sp³-hybridized carbons (Fsp3) is 0.214. The predicted octanol–water partition coefficient (Wildman–Crippen LogP) is 5.10. The number of nitrogens with one attached hydrogen (secondary N) is 1. The van der Waals surface area contributed by atoms with Crippen LogP contribution < -0.4 is 0 Å². The number of carbonyl (C=O) groups is 1. The van der Waals surface area contributed by atoms with Crippen molar-refractivity contribution in [2.24, 2.45) is 0 Å². The Hall–Kier alpha value is -3.91. The highest BCUT2D eigenvalue weighted by Gasteiger charge is 2.25. The van der Waals surface area contributed by atoms with E-state index >= 15 is 0 Å². The summed E-state index contributed by atoms with van der Waals surface area (Å²) in [6.07, 6.45) is 4.34. The van der Waals surface area contributed by atoms with Crippen molar-refractivity contribution in [1.82, 2.24) is 29.6 Å². The highest BCUT2D eigenvalue weighted by Crippen LogP contribution is 2.31. The number of rotatable bonds is 5. The van der Waals surface area contributed by atoms with E-state index in [1.165, 1.54) is 39.5 Å². The average molecular weight is 495 g/mol. The molecule has 5 aromatic rings. The van der Waals surface area contributed by atoms with Gasteiger partial charge in [-0.3, -0.25) is 14.3 Å². The van der Waals surface area contributed by atoms with Gasteiger partial charge in [0.2, 0.25) is 5.91 Å². The molecule has 0 saturated carbocycles. The number of H-pyrrole nitrogens is 1. The van der Waals surface area contributed by atoms with Gasteiger partial charge in [-0.25, -0.2) is 0 Å². The van der Waals surface area contributed by atoms with E-state index in [4.69, 9.17) is 0 Å². The van der Waals surface area contributed by atoms with Gasteiger partial charge in [-0.2, -0.15) is 0 Å². The van der Waals surface area contributed by atoms with E-state index in [0.717, 1.165) is 29.0 Å². The number of nitrogens with zero attached hydrogens (tertiary/aromatic N) is 5. The number of aromatic nitrogens is 5. The van der Waals surface area contributed by atoms with Crippen LogP contribution in [0.3, 0.4) is 0 Å². The zero-order valence-corrected chi connectivity index (χ0v) is 21.0. The molecule has 0 unspecified atom stereocenters. The predicted molar refractivity (Wildman–Crippen MR) is 142 cm³/mol. The van der Waals surface area contributed by atoms with E-state index in [-0.39, 0.29) is 5.91 Å². The number of amides is 1. The second-order valence-electron chi connectivity index (χ2n) is 9.13. The third-order valence-electron chi connectivity index (χ3n) is 6.88. The van der Waals surface area contributed by atoms with Crippen molar-refractivity contribution in [3.05, 3.63) is 89.4 Å². The van der Waals surface area contributed by atoms with Crippen LogP contribution in [0.25, 0.3) is 28.0 Å². The molecule has 0 bridgehead atoms. The van der Waals surface area contributed by atoms with Crippen LogP contribution in [0.1, 0.15) is 22.4 Å². The van der Waals surface area contributed by atoms with Crippen LogP contribution in [0.5, 0.6) is 0 Å². The van der Waals surface area contributed by atoms with Gasteiger partial charge in [0.25, 0.3) is 0 Å². The fourth-order valence-corrected chi connectivity index (χ4v) is 5.60. The van der Waals surface area contributed by atoms with Crippen molar-refractivity contribution in [3.63, 3.8) is 0 Å². The summed E-state index contributed by atoms with van der Waals surface area (Å²) < 4.78 is 2.04. The molecule has 0 fully saturated rings. The van der Waals surface area contributed by atoms with E-state index in [1.807, 2.05) is 33.7 Å². The number of carbonyl (C=O) groups excluding carboxylic acids is 1. The summed E-state index contributed by atoms with van der Waals surface area (Å²) in [6, 6.07) is 18.5. The molecule has 180 valence electrons. The molecule has 1 aliphatic rings. The molecule has 0 saturated heterocycles. The van der Waals surface area contributed by atoms with Crippen molar-refractivity contribution in [2.45, 2.75) is 32.0 Å². The van der Waals surface area contributed by atoms with Crippen molar-refractivity contribution >= 4 is 28.6 Å². The molecule has 0 radical (unpaired) electrons. The van der Waals surface area contributed by atoms with E-state index < -0.39 is 0 Å². The Labute approximate surface area is 213 Å². The minimum absolute atomic E-state index is 0.107. The van der Waals surface area contributed by atoms with Gasteiger partial charge in [-0.05, 0) is 55.3 Å². The highest BCUT2D eigenvalue weighted by molar-refractivity contribution is 7.99. The molecule has 2 aromatic carbocycles. The first kappa shape index (κ1) is 22.5. The molecule has 0 atom stereocenters. The molecular formula is C28H26N6OS.